The molecule has 0 heterocycles. The van der Waals surface area contributed by atoms with Gasteiger partial charge >= 0.3 is 0 Å². The van der Waals surface area contributed by atoms with Crippen molar-refractivity contribution in [1.82, 2.24) is 5.32 Å². The molecule has 0 spiro atoms. The van der Waals surface area contributed by atoms with E-state index in [1.54, 1.807) is 13.2 Å². The Hall–Kier alpha value is -1.22. The van der Waals surface area contributed by atoms with Gasteiger partial charge in [0.25, 0.3) is 0 Å². The minimum Gasteiger partial charge on any atom is -0.504 e. The second-order valence-corrected chi connectivity index (χ2v) is 4.32. The van der Waals surface area contributed by atoms with E-state index in [1.165, 1.54) is 12.8 Å². The van der Waals surface area contributed by atoms with E-state index in [2.05, 4.69) is 19.2 Å². The molecule has 0 unspecified atom stereocenters. The Morgan fingerprint density at radius 1 is 1.29 bits per heavy atom. The predicted molar refractivity (Wildman–Crippen MR) is 70.4 cm³/mol. The zero-order valence-electron chi connectivity index (χ0n) is 11.0. The van der Waals surface area contributed by atoms with E-state index in [0.717, 1.165) is 24.6 Å². The van der Waals surface area contributed by atoms with Crippen molar-refractivity contribution in [2.75, 3.05) is 13.7 Å². The minimum atomic E-state index is 0.191. The van der Waals surface area contributed by atoms with Crippen LogP contribution in [0.2, 0.25) is 0 Å². The Morgan fingerprint density at radius 3 is 2.59 bits per heavy atom. The number of hydrogen-bond donors (Lipinski definition) is 2. The van der Waals surface area contributed by atoms with E-state index in [0.29, 0.717) is 5.75 Å². The highest BCUT2D eigenvalue weighted by Gasteiger charge is 2.04. The third-order valence-electron chi connectivity index (χ3n) is 3.16. The van der Waals surface area contributed by atoms with Gasteiger partial charge in [0.15, 0.2) is 11.5 Å². The second-order valence-electron chi connectivity index (χ2n) is 4.32. The van der Waals surface area contributed by atoms with Gasteiger partial charge in [-0.3, -0.25) is 0 Å². The molecule has 96 valence electrons. The molecule has 0 aliphatic rings. The second kappa shape index (κ2) is 7.17. The molecule has 0 fully saturated rings. The van der Waals surface area contributed by atoms with Gasteiger partial charge in [-0.15, -0.1) is 0 Å². The Bertz CT molecular complexity index is 335. The highest BCUT2D eigenvalue weighted by atomic mass is 16.5. The summed E-state index contributed by atoms with van der Waals surface area (Å²) in [5.41, 5.74) is 1.13. The number of methoxy groups -OCH3 is 1. The van der Waals surface area contributed by atoms with Crippen LogP contribution in [0.15, 0.2) is 18.2 Å². The number of ether oxygens (including phenoxy) is 1. The van der Waals surface area contributed by atoms with E-state index in [4.69, 9.17) is 4.74 Å². The first kappa shape index (κ1) is 13.8. The summed E-state index contributed by atoms with van der Waals surface area (Å²) in [5.74, 6) is 1.47. The molecule has 0 aliphatic heterocycles. The lowest BCUT2D eigenvalue weighted by Crippen LogP contribution is -2.21. The molecule has 1 aromatic rings. The van der Waals surface area contributed by atoms with Crippen molar-refractivity contribution in [3.8, 4) is 11.5 Å². The molecule has 1 aromatic carbocycles. The van der Waals surface area contributed by atoms with E-state index in [9.17, 15) is 5.11 Å². The third kappa shape index (κ3) is 4.27. The van der Waals surface area contributed by atoms with Crippen LogP contribution in [0, 0.1) is 5.92 Å². The lowest BCUT2D eigenvalue weighted by molar-refractivity contribution is 0.372. The lowest BCUT2D eigenvalue weighted by atomic mass is 10.0. The number of benzene rings is 1. The number of hydrogen-bond acceptors (Lipinski definition) is 3. The summed E-state index contributed by atoms with van der Waals surface area (Å²) < 4.78 is 5.08. The topological polar surface area (TPSA) is 41.5 Å². The summed E-state index contributed by atoms with van der Waals surface area (Å²) >= 11 is 0. The van der Waals surface area contributed by atoms with Crippen molar-refractivity contribution in [2.24, 2.45) is 5.92 Å². The fourth-order valence-corrected chi connectivity index (χ4v) is 1.83. The van der Waals surface area contributed by atoms with Crippen LogP contribution in [0.1, 0.15) is 32.3 Å². The summed E-state index contributed by atoms with van der Waals surface area (Å²) in [6, 6.07) is 5.46. The predicted octanol–water partition coefficient (Wildman–Crippen LogP) is 2.93. The van der Waals surface area contributed by atoms with Gasteiger partial charge in [-0.1, -0.05) is 32.8 Å². The van der Waals surface area contributed by atoms with E-state index in [1.807, 2.05) is 12.1 Å². The number of phenols is 1. The molecule has 0 bridgehead atoms. The van der Waals surface area contributed by atoms with Gasteiger partial charge in [0.05, 0.1) is 7.11 Å². The van der Waals surface area contributed by atoms with Crippen LogP contribution in [-0.2, 0) is 6.54 Å². The quantitative estimate of drug-likeness (QED) is 0.766. The number of nitrogens with one attached hydrogen (secondary N) is 1. The van der Waals surface area contributed by atoms with Crippen LogP contribution in [0.5, 0.6) is 11.5 Å². The molecule has 1 rings (SSSR count). The summed E-state index contributed by atoms with van der Waals surface area (Å²) in [5, 5.41) is 12.9. The number of rotatable bonds is 7. The number of phenolic OH excluding ortho intramolecular Hbond substituents is 1. The third-order valence-corrected chi connectivity index (χ3v) is 3.16. The smallest absolute Gasteiger partial charge is 0.160 e. The summed E-state index contributed by atoms with van der Waals surface area (Å²) in [7, 11) is 1.57. The first-order valence-corrected chi connectivity index (χ1v) is 6.27. The molecule has 0 radical (unpaired) electrons. The monoisotopic (exact) mass is 237 g/mol. The lowest BCUT2D eigenvalue weighted by Gasteiger charge is -2.13. The highest BCUT2D eigenvalue weighted by Crippen LogP contribution is 2.26. The van der Waals surface area contributed by atoms with Crippen molar-refractivity contribution in [3.63, 3.8) is 0 Å². The highest BCUT2D eigenvalue weighted by molar-refractivity contribution is 5.41. The zero-order valence-corrected chi connectivity index (χ0v) is 11.0. The van der Waals surface area contributed by atoms with Crippen LogP contribution in [0.3, 0.4) is 0 Å². The van der Waals surface area contributed by atoms with Crippen molar-refractivity contribution < 1.29 is 9.84 Å². The van der Waals surface area contributed by atoms with Gasteiger partial charge < -0.3 is 15.2 Å². The van der Waals surface area contributed by atoms with Crippen LogP contribution in [-0.4, -0.2) is 18.8 Å². The average molecular weight is 237 g/mol. The Kier molecular flexibility index (Phi) is 5.84. The molecular formula is C14H23NO2. The molecule has 0 aromatic heterocycles. The molecule has 3 heteroatoms. The van der Waals surface area contributed by atoms with Crippen molar-refractivity contribution >= 4 is 0 Å². The Balaban J connectivity index is 2.46. The van der Waals surface area contributed by atoms with Crippen molar-refractivity contribution in [3.05, 3.63) is 23.8 Å². The van der Waals surface area contributed by atoms with E-state index in [-0.39, 0.29) is 5.75 Å². The van der Waals surface area contributed by atoms with Crippen LogP contribution >= 0.6 is 0 Å². The molecule has 0 saturated heterocycles. The molecule has 17 heavy (non-hydrogen) atoms. The zero-order chi connectivity index (χ0) is 12.7. The van der Waals surface area contributed by atoms with Crippen LogP contribution in [0.4, 0.5) is 0 Å². The van der Waals surface area contributed by atoms with Gasteiger partial charge in [0, 0.05) is 6.54 Å². The first-order valence-electron chi connectivity index (χ1n) is 6.27. The van der Waals surface area contributed by atoms with Crippen molar-refractivity contribution in [2.45, 2.75) is 33.2 Å². The van der Waals surface area contributed by atoms with Gasteiger partial charge in [0.1, 0.15) is 0 Å². The molecule has 0 aliphatic carbocycles. The van der Waals surface area contributed by atoms with Gasteiger partial charge in [-0.05, 0) is 30.2 Å². The fraction of sp³-hybridized carbons (Fsp3) is 0.571. The summed E-state index contributed by atoms with van der Waals surface area (Å²) in [6.07, 6.45) is 2.42. The normalized spacial score (nSPS) is 10.8. The molecule has 0 amide bonds. The maximum absolute atomic E-state index is 9.48. The standard InChI is InChI=1S/C14H23NO2/c1-4-11(5-2)9-15-10-12-6-7-13(16)14(8-12)17-3/h6-8,11,15-16H,4-5,9-10H2,1-3H3. The Morgan fingerprint density at radius 2 is 2.00 bits per heavy atom. The van der Waals surface area contributed by atoms with Gasteiger partial charge in [-0.2, -0.15) is 0 Å². The summed E-state index contributed by atoms with van der Waals surface area (Å²) in [6.45, 7) is 6.29. The average Bonchev–Trinajstić information content (AvgIpc) is 2.36. The van der Waals surface area contributed by atoms with Crippen molar-refractivity contribution in [1.29, 1.82) is 0 Å². The van der Waals surface area contributed by atoms with Crippen LogP contribution in [0.25, 0.3) is 0 Å². The Labute approximate surface area is 104 Å². The molecule has 0 saturated carbocycles. The minimum absolute atomic E-state index is 0.191. The van der Waals surface area contributed by atoms with Crippen LogP contribution < -0.4 is 10.1 Å². The fourth-order valence-electron chi connectivity index (χ4n) is 1.83. The largest absolute Gasteiger partial charge is 0.504 e. The SMILES string of the molecule is CCC(CC)CNCc1ccc(O)c(OC)c1. The maximum atomic E-state index is 9.48. The van der Waals surface area contributed by atoms with E-state index < -0.39 is 0 Å². The first-order chi connectivity index (χ1) is 8.21. The molecular weight excluding hydrogens is 214 g/mol. The molecule has 3 nitrogen and oxygen atoms in total. The van der Waals surface area contributed by atoms with Gasteiger partial charge in [-0.25, -0.2) is 0 Å². The summed E-state index contributed by atoms with van der Waals surface area (Å²) in [4.78, 5) is 0. The maximum Gasteiger partial charge on any atom is 0.160 e. The number of aromatic hydroxyl groups is 1. The molecule has 0 atom stereocenters. The van der Waals surface area contributed by atoms with E-state index >= 15 is 0 Å². The molecule has 2 N–H and O–H groups in total. The van der Waals surface area contributed by atoms with Gasteiger partial charge in [0.2, 0.25) is 0 Å².